The fourth-order valence-electron chi connectivity index (χ4n) is 5.87. The fraction of sp³-hybridized carbons (Fsp3) is 0.458. The molecule has 176 valence electrons. The van der Waals surface area contributed by atoms with Crippen LogP contribution in [-0.2, 0) is 16.0 Å². The minimum Gasteiger partial charge on any atom is -0.510 e. The lowest BCUT2D eigenvalue weighted by Gasteiger charge is -2.51. The number of likely N-dealkylation sites (N-methyl/N-ethyl adjacent to an activating group) is 1. The van der Waals surface area contributed by atoms with Crippen molar-refractivity contribution in [2.24, 2.45) is 17.6 Å². The van der Waals surface area contributed by atoms with Gasteiger partial charge in [-0.25, -0.2) is 0 Å². The lowest BCUT2D eigenvalue weighted by Crippen LogP contribution is -2.67. The van der Waals surface area contributed by atoms with Crippen molar-refractivity contribution in [1.29, 1.82) is 5.41 Å². The summed E-state index contributed by atoms with van der Waals surface area (Å²) in [6.07, 6.45) is 0.505. The molecule has 0 radical (unpaired) electrons. The number of phenols is 1. The quantitative estimate of drug-likeness (QED) is 0.402. The van der Waals surface area contributed by atoms with Crippen LogP contribution >= 0.6 is 0 Å². The van der Waals surface area contributed by atoms with Crippen molar-refractivity contribution >= 4 is 23.2 Å². The van der Waals surface area contributed by atoms with Crippen LogP contribution < -0.4 is 5.73 Å². The van der Waals surface area contributed by atoms with Gasteiger partial charge < -0.3 is 31.6 Å². The highest BCUT2D eigenvalue weighted by atomic mass is 16.3. The Morgan fingerprint density at radius 1 is 1.24 bits per heavy atom. The molecule has 4 rings (SSSR count). The molecule has 0 unspecified atom stereocenters. The first kappa shape index (κ1) is 23.0. The van der Waals surface area contributed by atoms with Crippen LogP contribution in [0.15, 0.2) is 29.0 Å². The van der Waals surface area contributed by atoms with Crippen LogP contribution in [0.25, 0.3) is 5.76 Å². The van der Waals surface area contributed by atoms with Crippen LogP contribution in [0.5, 0.6) is 5.75 Å². The molecule has 0 aliphatic heterocycles. The minimum atomic E-state index is -2.46. The highest BCUT2D eigenvalue weighted by Gasteiger charge is 2.63. The third-order valence-electron chi connectivity index (χ3n) is 7.32. The summed E-state index contributed by atoms with van der Waals surface area (Å²) in [5.74, 6) is -4.44. The molecule has 0 spiro atoms. The van der Waals surface area contributed by atoms with Crippen LogP contribution in [0, 0.1) is 17.2 Å². The molecule has 0 aromatic heterocycles. The topological polar surface area (TPSA) is 168 Å². The van der Waals surface area contributed by atoms with Crippen molar-refractivity contribution in [3.63, 3.8) is 0 Å². The maximum Gasteiger partial charge on any atom is 0.254 e. The fourth-order valence-corrected chi connectivity index (χ4v) is 5.87. The van der Waals surface area contributed by atoms with Gasteiger partial charge in [0.05, 0.1) is 17.3 Å². The number of nitrogens with two attached hydrogens (primary N) is 1. The van der Waals surface area contributed by atoms with E-state index < -0.39 is 58.0 Å². The summed E-state index contributed by atoms with van der Waals surface area (Å²) in [7, 11) is 3.26. The van der Waals surface area contributed by atoms with E-state index in [1.165, 1.54) is 6.07 Å². The SMILES string of the molecule is CC(C)c1ccc(O)c2c1C[C@H]1C[C@H]3[C@@H](N(C)C)C(O)=C(C(N)=O)C(=N)[C@@]3(O)C(=O)C1=C2O. The molecule has 3 aliphatic rings. The van der Waals surface area contributed by atoms with Crippen LogP contribution in [0.2, 0.25) is 0 Å². The molecule has 7 N–H and O–H groups in total. The Labute approximate surface area is 191 Å². The highest BCUT2D eigenvalue weighted by Crippen LogP contribution is 2.52. The number of rotatable bonds is 3. The van der Waals surface area contributed by atoms with Gasteiger partial charge in [0, 0.05) is 11.5 Å². The zero-order valence-corrected chi connectivity index (χ0v) is 19.0. The van der Waals surface area contributed by atoms with Crippen LogP contribution in [0.3, 0.4) is 0 Å². The number of hydrogen-bond acceptors (Lipinski definition) is 8. The number of carbonyl (C=O) groups excluding carboxylic acids is 2. The third-order valence-corrected chi connectivity index (χ3v) is 7.32. The number of Topliss-reactive ketones (excluding diaryl/α,β-unsaturated/α-hetero) is 1. The summed E-state index contributed by atoms with van der Waals surface area (Å²) in [5.41, 5.74) is 3.30. The monoisotopic (exact) mass is 455 g/mol. The van der Waals surface area contributed by atoms with Crippen LogP contribution in [0.1, 0.15) is 42.9 Å². The van der Waals surface area contributed by atoms with Crippen molar-refractivity contribution in [3.05, 3.63) is 45.7 Å². The lowest BCUT2D eigenvalue weighted by atomic mass is 9.56. The Hall–Kier alpha value is -3.17. The maximum atomic E-state index is 13.8. The van der Waals surface area contributed by atoms with E-state index in [1.54, 1.807) is 25.1 Å². The summed E-state index contributed by atoms with van der Waals surface area (Å²) in [5, 5.41) is 52.6. The molecule has 1 amide bonds. The van der Waals surface area contributed by atoms with Crippen molar-refractivity contribution in [3.8, 4) is 5.75 Å². The predicted molar refractivity (Wildman–Crippen MR) is 121 cm³/mol. The average Bonchev–Trinajstić information content (AvgIpc) is 2.70. The summed E-state index contributed by atoms with van der Waals surface area (Å²) in [6.45, 7) is 3.99. The van der Waals surface area contributed by atoms with E-state index in [1.807, 2.05) is 13.8 Å². The first-order valence-corrected chi connectivity index (χ1v) is 10.9. The number of hydrogen-bond donors (Lipinski definition) is 6. The number of nitrogens with one attached hydrogen (secondary N) is 1. The number of carbonyl (C=O) groups is 2. The Bertz CT molecular complexity index is 1160. The molecule has 0 saturated heterocycles. The number of fused-ring (bicyclic) bond motifs is 3. The van der Waals surface area contributed by atoms with E-state index in [0.29, 0.717) is 6.42 Å². The average molecular weight is 456 g/mol. The molecule has 9 nitrogen and oxygen atoms in total. The summed E-state index contributed by atoms with van der Waals surface area (Å²) < 4.78 is 0. The van der Waals surface area contributed by atoms with Gasteiger partial charge in [-0.05, 0) is 56.0 Å². The normalized spacial score (nSPS) is 29.4. The summed E-state index contributed by atoms with van der Waals surface area (Å²) >= 11 is 0. The molecule has 1 aromatic carbocycles. The largest absolute Gasteiger partial charge is 0.510 e. The zero-order valence-electron chi connectivity index (χ0n) is 19.0. The van der Waals surface area contributed by atoms with E-state index in [0.717, 1.165) is 11.1 Å². The van der Waals surface area contributed by atoms with E-state index in [4.69, 9.17) is 11.1 Å². The van der Waals surface area contributed by atoms with Crippen LogP contribution in [-0.4, -0.2) is 68.5 Å². The van der Waals surface area contributed by atoms with E-state index in [9.17, 15) is 30.0 Å². The lowest BCUT2D eigenvalue weighted by molar-refractivity contribution is -0.138. The Balaban J connectivity index is 1.97. The second-order valence-corrected chi connectivity index (χ2v) is 9.69. The van der Waals surface area contributed by atoms with Gasteiger partial charge in [-0.2, -0.15) is 0 Å². The molecule has 0 heterocycles. The molecule has 1 saturated carbocycles. The number of nitrogens with zero attached hydrogens (tertiary/aromatic N) is 1. The van der Waals surface area contributed by atoms with Crippen LogP contribution in [0.4, 0.5) is 0 Å². The van der Waals surface area contributed by atoms with Gasteiger partial charge in [-0.15, -0.1) is 0 Å². The van der Waals surface area contributed by atoms with Gasteiger partial charge in [0.1, 0.15) is 22.8 Å². The first-order chi connectivity index (χ1) is 15.3. The van der Waals surface area contributed by atoms with Gasteiger partial charge in [0.25, 0.3) is 5.91 Å². The molecule has 1 aromatic rings. The number of ketones is 1. The number of aliphatic hydroxyl groups is 3. The molecule has 9 heteroatoms. The van der Waals surface area contributed by atoms with E-state index >= 15 is 0 Å². The first-order valence-electron chi connectivity index (χ1n) is 10.9. The van der Waals surface area contributed by atoms with E-state index in [2.05, 4.69) is 0 Å². The van der Waals surface area contributed by atoms with Crippen molar-refractivity contribution in [1.82, 2.24) is 4.90 Å². The van der Waals surface area contributed by atoms with Crippen molar-refractivity contribution in [2.45, 2.75) is 44.2 Å². The molecule has 1 fully saturated rings. The summed E-state index contributed by atoms with van der Waals surface area (Å²) in [6, 6.07) is 2.33. The molecule has 0 bridgehead atoms. The zero-order chi connectivity index (χ0) is 24.6. The molecule has 33 heavy (non-hydrogen) atoms. The number of amides is 1. The van der Waals surface area contributed by atoms with Gasteiger partial charge in [0.2, 0.25) is 5.78 Å². The Morgan fingerprint density at radius 2 is 1.88 bits per heavy atom. The highest BCUT2D eigenvalue weighted by molar-refractivity contribution is 6.33. The smallest absolute Gasteiger partial charge is 0.254 e. The third kappa shape index (κ3) is 2.95. The molecule has 4 atom stereocenters. The Kier molecular flexibility index (Phi) is 5.18. The second kappa shape index (κ2) is 7.43. The summed E-state index contributed by atoms with van der Waals surface area (Å²) in [4.78, 5) is 27.4. The number of aromatic hydroxyl groups is 1. The van der Waals surface area contributed by atoms with Crippen molar-refractivity contribution in [2.75, 3.05) is 14.1 Å². The molecular weight excluding hydrogens is 426 g/mol. The number of primary amides is 1. The maximum absolute atomic E-state index is 13.8. The Morgan fingerprint density at radius 3 is 2.42 bits per heavy atom. The van der Waals surface area contributed by atoms with Crippen molar-refractivity contribution < 1.29 is 30.0 Å². The number of phenolic OH excluding ortho intramolecular Hbond substituents is 1. The van der Waals surface area contributed by atoms with Gasteiger partial charge >= 0.3 is 0 Å². The second-order valence-electron chi connectivity index (χ2n) is 9.69. The van der Waals surface area contributed by atoms with Gasteiger partial charge in [0.15, 0.2) is 5.60 Å². The van der Waals surface area contributed by atoms with Gasteiger partial charge in [-0.1, -0.05) is 19.9 Å². The number of benzene rings is 1. The van der Waals surface area contributed by atoms with E-state index in [-0.39, 0.29) is 29.2 Å². The standard InChI is InChI=1S/C24H29N3O6/c1-9(2)11-5-6-14(28)16-12(11)7-10-8-13-18(27(3)4)20(30)17(23(26)32)21(25)24(13,33)22(31)15(10)19(16)29/h5-6,9-10,13,18,25,28-30,33H,7-8H2,1-4H3,(H2,26,32)/t10-,13-,18+,24+/m0/s1. The molecular formula is C24H29N3O6. The number of aliphatic hydroxyl groups excluding tert-OH is 2. The molecule has 3 aliphatic carbocycles. The predicted octanol–water partition coefficient (Wildman–Crippen LogP) is 1.54. The minimum absolute atomic E-state index is 0.0788. The van der Waals surface area contributed by atoms with Gasteiger partial charge in [-0.3, -0.25) is 14.5 Å².